The molecule has 1 saturated heterocycles. The molecule has 4 amide bonds. The Labute approximate surface area is 163 Å². The summed E-state index contributed by atoms with van der Waals surface area (Å²) in [6, 6.07) is 3.62. The van der Waals surface area contributed by atoms with Gasteiger partial charge in [-0.1, -0.05) is 25.3 Å². The van der Waals surface area contributed by atoms with E-state index in [1.807, 2.05) is 22.4 Å². The quantitative estimate of drug-likeness (QED) is 0.716. The third kappa shape index (κ3) is 6.32. The van der Waals surface area contributed by atoms with Gasteiger partial charge in [-0.2, -0.15) is 0 Å². The van der Waals surface area contributed by atoms with Crippen LogP contribution in [0.15, 0.2) is 17.5 Å². The van der Waals surface area contributed by atoms with Crippen LogP contribution in [-0.2, 0) is 4.79 Å². The van der Waals surface area contributed by atoms with Gasteiger partial charge in [0.25, 0.3) is 5.91 Å². The van der Waals surface area contributed by atoms with Crippen LogP contribution < -0.4 is 16.0 Å². The van der Waals surface area contributed by atoms with Gasteiger partial charge in [0.15, 0.2) is 0 Å². The number of hydrogen-bond acceptors (Lipinski definition) is 5. The van der Waals surface area contributed by atoms with Gasteiger partial charge in [-0.3, -0.25) is 19.8 Å². The number of carbonyl (C=O) groups is 3. The fourth-order valence-electron chi connectivity index (χ4n) is 3.74. The fraction of sp³-hybridized carbons (Fsp3) is 0.632. The molecule has 2 aliphatic rings. The number of thiophene rings is 1. The third-order valence-corrected chi connectivity index (χ3v) is 6.10. The largest absolute Gasteiger partial charge is 0.349 e. The summed E-state index contributed by atoms with van der Waals surface area (Å²) in [4.78, 5) is 38.9. The van der Waals surface area contributed by atoms with E-state index in [1.54, 1.807) is 0 Å². The highest BCUT2D eigenvalue weighted by Crippen LogP contribution is 2.17. The van der Waals surface area contributed by atoms with Crippen molar-refractivity contribution in [2.75, 3.05) is 19.6 Å². The van der Waals surface area contributed by atoms with E-state index < -0.39 is 0 Å². The summed E-state index contributed by atoms with van der Waals surface area (Å²) in [7, 11) is 0. The minimum Gasteiger partial charge on any atom is -0.349 e. The number of amides is 4. The summed E-state index contributed by atoms with van der Waals surface area (Å²) in [6.07, 6.45) is 7.09. The summed E-state index contributed by atoms with van der Waals surface area (Å²) in [5.74, 6) is -0.301. The van der Waals surface area contributed by atoms with E-state index in [2.05, 4.69) is 16.0 Å². The first-order chi connectivity index (χ1) is 13.1. The van der Waals surface area contributed by atoms with E-state index in [4.69, 9.17) is 0 Å². The Morgan fingerprint density at radius 3 is 2.37 bits per heavy atom. The highest BCUT2D eigenvalue weighted by molar-refractivity contribution is 7.12. The van der Waals surface area contributed by atoms with Gasteiger partial charge in [0.05, 0.1) is 11.4 Å². The van der Waals surface area contributed by atoms with Crippen LogP contribution in [0.1, 0.15) is 54.6 Å². The molecule has 1 aliphatic carbocycles. The molecule has 0 radical (unpaired) electrons. The molecule has 1 aromatic rings. The number of nitrogens with one attached hydrogen (secondary N) is 3. The predicted molar refractivity (Wildman–Crippen MR) is 105 cm³/mol. The molecule has 3 rings (SSSR count). The SMILES string of the molecule is O=C(CN1CCC(NC(=O)c2cccs2)CC1)NC(=O)NC1CCCCC1. The molecule has 2 fully saturated rings. The Morgan fingerprint density at radius 2 is 1.70 bits per heavy atom. The smallest absolute Gasteiger partial charge is 0.321 e. The number of nitrogens with zero attached hydrogens (tertiary/aromatic N) is 1. The fourth-order valence-corrected chi connectivity index (χ4v) is 4.36. The van der Waals surface area contributed by atoms with Crippen molar-refractivity contribution in [2.24, 2.45) is 0 Å². The van der Waals surface area contributed by atoms with Crippen LogP contribution in [0.4, 0.5) is 4.79 Å². The van der Waals surface area contributed by atoms with E-state index >= 15 is 0 Å². The summed E-state index contributed by atoms with van der Waals surface area (Å²) < 4.78 is 0. The lowest BCUT2D eigenvalue weighted by molar-refractivity contribution is -0.121. The molecule has 0 bridgehead atoms. The van der Waals surface area contributed by atoms with Crippen LogP contribution in [0.25, 0.3) is 0 Å². The first-order valence-corrected chi connectivity index (χ1v) is 10.6. The number of hydrogen-bond donors (Lipinski definition) is 3. The molecule has 0 aromatic carbocycles. The average Bonchev–Trinajstić information content (AvgIpc) is 3.19. The van der Waals surface area contributed by atoms with Crippen LogP contribution in [0.2, 0.25) is 0 Å². The van der Waals surface area contributed by atoms with Crippen molar-refractivity contribution in [3.05, 3.63) is 22.4 Å². The Morgan fingerprint density at radius 1 is 1.00 bits per heavy atom. The van der Waals surface area contributed by atoms with Gasteiger partial charge >= 0.3 is 6.03 Å². The summed E-state index contributed by atoms with van der Waals surface area (Å²) in [5, 5.41) is 10.3. The van der Waals surface area contributed by atoms with Crippen molar-refractivity contribution in [3.8, 4) is 0 Å². The van der Waals surface area contributed by atoms with Crippen molar-refractivity contribution >= 4 is 29.2 Å². The molecule has 3 N–H and O–H groups in total. The van der Waals surface area contributed by atoms with Gasteiger partial charge in [-0.25, -0.2) is 4.79 Å². The lowest BCUT2D eigenvalue weighted by Crippen LogP contribution is -2.50. The first-order valence-electron chi connectivity index (χ1n) is 9.77. The number of urea groups is 1. The first kappa shape index (κ1) is 19.8. The van der Waals surface area contributed by atoms with Crippen molar-refractivity contribution in [3.63, 3.8) is 0 Å². The second-order valence-electron chi connectivity index (χ2n) is 7.36. The minimum atomic E-state index is -0.384. The van der Waals surface area contributed by atoms with Gasteiger partial charge in [0, 0.05) is 25.2 Å². The van der Waals surface area contributed by atoms with E-state index in [0.29, 0.717) is 0 Å². The standard InChI is InChI=1S/C19H28N4O3S/c24-17(22-19(26)21-14-5-2-1-3-6-14)13-23-10-8-15(9-11-23)20-18(25)16-7-4-12-27-16/h4,7,12,14-15H,1-3,5-6,8-11,13H2,(H,20,25)(H2,21,22,24,26). The summed E-state index contributed by atoms with van der Waals surface area (Å²) in [6.45, 7) is 1.67. The van der Waals surface area contributed by atoms with Crippen LogP contribution in [0.3, 0.4) is 0 Å². The predicted octanol–water partition coefficient (Wildman–Crippen LogP) is 2.10. The van der Waals surface area contributed by atoms with Gasteiger partial charge in [-0.15, -0.1) is 11.3 Å². The molecular formula is C19H28N4O3S. The molecule has 1 saturated carbocycles. The Balaban J connectivity index is 1.33. The molecule has 0 atom stereocenters. The van der Waals surface area contributed by atoms with Gasteiger partial charge in [0.2, 0.25) is 5.91 Å². The second-order valence-corrected chi connectivity index (χ2v) is 8.31. The maximum atomic E-state index is 12.1. The van der Waals surface area contributed by atoms with E-state index in [-0.39, 0.29) is 36.5 Å². The maximum absolute atomic E-state index is 12.1. The third-order valence-electron chi connectivity index (χ3n) is 5.23. The van der Waals surface area contributed by atoms with Crippen LogP contribution in [0.5, 0.6) is 0 Å². The van der Waals surface area contributed by atoms with Crippen molar-refractivity contribution in [1.29, 1.82) is 0 Å². The topological polar surface area (TPSA) is 90.5 Å². The van der Waals surface area contributed by atoms with Gasteiger partial charge < -0.3 is 10.6 Å². The normalized spacial score (nSPS) is 19.4. The highest BCUT2D eigenvalue weighted by atomic mass is 32.1. The summed E-state index contributed by atoms with van der Waals surface area (Å²) >= 11 is 1.43. The number of likely N-dealkylation sites (tertiary alicyclic amines) is 1. The molecule has 27 heavy (non-hydrogen) atoms. The Bertz CT molecular complexity index is 635. The zero-order valence-electron chi connectivity index (χ0n) is 15.5. The maximum Gasteiger partial charge on any atom is 0.321 e. The van der Waals surface area contributed by atoms with Crippen molar-refractivity contribution < 1.29 is 14.4 Å². The Kier molecular flexibility index (Phi) is 7.23. The summed E-state index contributed by atoms with van der Waals surface area (Å²) in [5.41, 5.74) is 0. The number of carbonyl (C=O) groups excluding carboxylic acids is 3. The second kappa shape index (κ2) is 9.85. The number of rotatable bonds is 5. The number of piperidine rings is 1. The molecule has 0 unspecified atom stereocenters. The molecule has 1 aliphatic heterocycles. The van der Waals surface area contributed by atoms with Crippen molar-refractivity contribution in [2.45, 2.75) is 57.0 Å². The van der Waals surface area contributed by atoms with Crippen LogP contribution in [0, 0.1) is 0 Å². The molecule has 2 heterocycles. The number of imide groups is 1. The lowest BCUT2D eigenvalue weighted by Gasteiger charge is -2.31. The molecule has 0 spiro atoms. The minimum absolute atomic E-state index is 0.0272. The van der Waals surface area contributed by atoms with E-state index in [9.17, 15) is 14.4 Å². The molecule has 7 nitrogen and oxygen atoms in total. The monoisotopic (exact) mass is 392 g/mol. The van der Waals surface area contributed by atoms with Crippen LogP contribution >= 0.6 is 11.3 Å². The molecule has 148 valence electrons. The van der Waals surface area contributed by atoms with E-state index in [0.717, 1.165) is 56.5 Å². The van der Waals surface area contributed by atoms with Gasteiger partial charge in [-0.05, 0) is 37.1 Å². The van der Waals surface area contributed by atoms with Gasteiger partial charge in [0.1, 0.15) is 0 Å². The van der Waals surface area contributed by atoms with E-state index in [1.165, 1.54) is 17.8 Å². The van der Waals surface area contributed by atoms with Crippen LogP contribution in [-0.4, -0.2) is 54.5 Å². The Hall–Kier alpha value is -1.93. The average molecular weight is 393 g/mol. The lowest BCUT2D eigenvalue weighted by atomic mass is 9.96. The van der Waals surface area contributed by atoms with Crippen molar-refractivity contribution in [1.82, 2.24) is 20.9 Å². The molecule has 8 heteroatoms. The molecular weight excluding hydrogens is 364 g/mol. The zero-order chi connectivity index (χ0) is 19.1. The highest BCUT2D eigenvalue weighted by Gasteiger charge is 2.23. The zero-order valence-corrected chi connectivity index (χ0v) is 16.4. The molecule has 1 aromatic heterocycles.